The fraction of sp³-hybridized carbons (Fsp3) is 0.682. The number of benzene rings is 1. The molecule has 2 bridgehead atoms. The zero-order valence-corrected chi connectivity index (χ0v) is 16.7. The summed E-state index contributed by atoms with van der Waals surface area (Å²) in [7, 11) is 0. The van der Waals surface area contributed by atoms with Gasteiger partial charge in [0.25, 0.3) is 0 Å². The zero-order chi connectivity index (χ0) is 21.0. The maximum atomic E-state index is 11.3. The number of rotatable bonds is 3. The quantitative estimate of drug-likeness (QED) is 0.473. The first-order chi connectivity index (χ1) is 14.4. The lowest BCUT2D eigenvalue weighted by Gasteiger charge is -2.56. The lowest BCUT2D eigenvalue weighted by molar-refractivity contribution is -0.271. The van der Waals surface area contributed by atoms with Gasteiger partial charge >= 0.3 is 5.97 Å². The molecule has 2 heterocycles. The van der Waals surface area contributed by atoms with Crippen LogP contribution in [0.5, 0.6) is 5.75 Å². The van der Waals surface area contributed by atoms with E-state index in [2.05, 4.69) is 5.32 Å². The van der Waals surface area contributed by atoms with Gasteiger partial charge in [0.1, 0.15) is 24.1 Å². The number of aliphatic hydroxyl groups is 3. The molecular formula is C22H29NO7. The highest BCUT2D eigenvalue weighted by atomic mass is 16.7. The van der Waals surface area contributed by atoms with E-state index in [-0.39, 0.29) is 5.41 Å². The van der Waals surface area contributed by atoms with Crippen molar-refractivity contribution >= 4 is 5.97 Å². The van der Waals surface area contributed by atoms with Gasteiger partial charge in [0, 0.05) is 11.5 Å². The highest BCUT2D eigenvalue weighted by Gasteiger charge is 2.52. The SMILES string of the molecule is O=C(O)[C@H]1O[C@@H](Oc2ccc3c(c2)C24CCCCC2C(C3)NCC4)[C@H](O)[C@@H](O)[C@@H]1O. The Morgan fingerprint density at radius 3 is 2.77 bits per heavy atom. The minimum Gasteiger partial charge on any atom is -0.479 e. The molecule has 3 fully saturated rings. The molecule has 5 rings (SSSR count). The average Bonchev–Trinajstić information content (AvgIpc) is 2.74. The summed E-state index contributed by atoms with van der Waals surface area (Å²) < 4.78 is 11.1. The van der Waals surface area contributed by atoms with Crippen LogP contribution >= 0.6 is 0 Å². The molecule has 5 N–H and O–H groups in total. The minimum atomic E-state index is -1.73. The summed E-state index contributed by atoms with van der Waals surface area (Å²) >= 11 is 0. The molecule has 0 radical (unpaired) electrons. The van der Waals surface area contributed by atoms with Crippen LogP contribution in [0.4, 0.5) is 0 Å². The number of piperidine rings is 1. The minimum absolute atomic E-state index is 0.131. The fourth-order valence-corrected chi connectivity index (χ4v) is 6.26. The van der Waals surface area contributed by atoms with E-state index in [1.54, 1.807) is 6.07 Å². The van der Waals surface area contributed by atoms with E-state index in [1.165, 1.54) is 30.4 Å². The van der Waals surface area contributed by atoms with E-state index in [0.29, 0.717) is 17.7 Å². The van der Waals surface area contributed by atoms with E-state index in [1.807, 2.05) is 12.1 Å². The molecule has 0 aromatic heterocycles. The van der Waals surface area contributed by atoms with Gasteiger partial charge in [0.2, 0.25) is 6.29 Å². The summed E-state index contributed by atoms with van der Waals surface area (Å²) in [6.07, 6.45) is -1.10. The van der Waals surface area contributed by atoms with Gasteiger partial charge in [-0.05, 0) is 61.4 Å². The fourth-order valence-electron chi connectivity index (χ4n) is 6.26. The number of fused-ring (bicyclic) bond motifs is 1. The first kappa shape index (κ1) is 20.2. The van der Waals surface area contributed by atoms with Gasteiger partial charge in [-0.25, -0.2) is 4.79 Å². The monoisotopic (exact) mass is 419 g/mol. The van der Waals surface area contributed by atoms with Crippen LogP contribution in [0.2, 0.25) is 0 Å². The Hall–Kier alpha value is -1.71. The predicted molar refractivity (Wildman–Crippen MR) is 105 cm³/mol. The van der Waals surface area contributed by atoms with Crippen molar-refractivity contribution in [1.82, 2.24) is 5.32 Å². The van der Waals surface area contributed by atoms with Gasteiger partial charge in [-0.15, -0.1) is 0 Å². The van der Waals surface area contributed by atoms with Crippen LogP contribution < -0.4 is 10.1 Å². The Labute approximate surface area is 174 Å². The third-order valence-corrected chi connectivity index (χ3v) is 7.68. The molecule has 30 heavy (non-hydrogen) atoms. The van der Waals surface area contributed by atoms with Gasteiger partial charge in [-0.2, -0.15) is 0 Å². The van der Waals surface area contributed by atoms with Crippen LogP contribution in [0.1, 0.15) is 43.2 Å². The number of carboxylic acid groups (broad SMARTS) is 1. The molecule has 164 valence electrons. The molecule has 3 unspecified atom stereocenters. The molecule has 1 aromatic rings. The average molecular weight is 419 g/mol. The maximum absolute atomic E-state index is 11.3. The van der Waals surface area contributed by atoms with Gasteiger partial charge in [0.05, 0.1) is 0 Å². The van der Waals surface area contributed by atoms with E-state index in [9.17, 15) is 25.2 Å². The largest absolute Gasteiger partial charge is 0.479 e. The molecule has 0 spiro atoms. The van der Waals surface area contributed by atoms with Gasteiger partial charge in [-0.3, -0.25) is 0 Å². The summed E-state index contributed by atoms with van der Waals surface area (Å²) in [6.45, 7) is 1.00. The van der Waals surface area contributed by atoms with Crippen LogP contribution in [0, 0.1) is 5.92 Å². The van der Waals surface area contributed by atoms with Crippen LogP contribution in [0.25, 0.3) is 0 Å². The Kier molecular flexibility index (Phi) is 5.02. The van der Waals surface area contributed by atoms with Crippen molar-refractivity contribution < 1.29 is 34.7 Å². The number of carbonyl (C=O) groups is 1. The van der Waals surface area contributed by atoms with Crippen molar-refractivity contribution in [2.75, 3.05) is 6.54 Å². The van der Waals surface area contributed by atoms with Crippen molar-refractivity contribution in [3.05, 3.63) is 29.3 Å². The van der Waals surface area contributed by atoms with Gasteiger partial charge < -0.3 is 35.2 Å². The summed E-state index contributed by atoms with van der Waals surface area (Å²) in [5, 5.41) is 43.1. The molecule has 8 nitrogen and oxygen atoms in total. The van der Waals surface area contributed by atoms with Crippen LogP contribution in [0.15, 0.2) is 18.2 Å². The lowest BCUT2D eigenvalue weighted by Crippen LogP contribution is -2.61. The van der Waals surface area contributed by atoms with Crippen LogP contribution in [-0.2, 0) is 21.4 Å². The number of nitrogens with one attached hydrogen (secondary N) is 1. The highest BCUT2D eigenvalue weighted by molar-refractivity contribution is 5.73. The second-order valence-electron chi connectivity index (χ2n) is 9.20. The molecule has 8 atom stereocenters. The molecule has 0 amide bonds. The zero-order valence-electron chi connectivity index (χ0n) is 16.7. The van der Waals surface area contributed by atoms with Gasteiger partial charge in [0.15, 0.2) is 6.10 Å². The summed E-state index contributed by atoms with van der Waals surface area (Å²) in [4.78, 5) is 11.3. The van der Waals surface area contributed by atoms with E-state index in [4.69, 9.17) is 9.47 Å². The molecule has 4 aliphatic rings. The summed E-state index contributed by atoms with van der Waals surface area (Å²) in [6, 6.07) is 6.37. The number of hydrogen-bond donors (Lipinski definition) is 5. The molecule has 8 heteroatoms. The molecule has 1 aromatic carbocycles. The standard InChI is InChI=1S/C22H29NO7/c24-16-17(25)19(20(27)28)30-21(18(16)26)29-12-5-4-11-9-15-13-3-1-2-6-22(13,7-8-23-15)14(11)10-12/h4-5,10,13,15-19,21,23-26H,1-3,6-9H2,(H,27,28)/t13?,15?,16-,17-,18+,19-,21+,22?/m0/s1. The lowest BCUT2D eigenvalue weighted by atomic mass is 9.53. The Bertz CT molecular complexity index is 828. The van der Waals surface area contributed by atoms with E-state index >= 15 is 0 Å². The molecule has 2 aliphatic heterocycles. The molecule has 2 aliphatic carbocycles. The molecule has 1 saturated carbocycles. The third kappa shape index (κ3) is 3.05. The van der Waals surface area contributed by atoms with Crippen molar-refractivity contribution in [2.24, 2.45) is 5.92 Å². The van der Waals surface area contributed by atoms with Crippen molar-refractivity contribution in [3.8, 4) is 5.75 Å². The number of hydrogen-bond acceptors (Lipinski definition) is 7. The summed E-state index contributed by atoms with van der Waals surface area (Å²) in [5.41, 5.74) is 2.73. The Balaban J connectivity index is 1.44. The van der Waals surface area contributed by atoms with E-state index in [0.717, 1.165) is 25.8 Å². The van der Waals surface area contributed by atoms with Crippen LogP contribution in [-0.4, -0.2) is 69.7 Å². The number of aliphatic hydroxyl groups excluding tert-OH is 3. The normalized spacial score (nSPS) is 42.7. The van der Waals surface area contributed by atoms with Crippen molar-refractivity contribution in [1.29, 1.82) is 0 Å². The third-order valence-electron chi connectivity index (χ3n) is 7.68. The summed E-state index contributed by atoms with van der Waals surface area (Å²) in [5.74, 6) is -0.342. The maximum Gasteiger partial charge on any atom is 0.335 e. The van der Waals surface area contributed by atoms with Crippen molar-refractivity contribution in [3.63, 3.8) is 0 Å². The molecular weight excluding hydrogens is 390 g/mol. The first-order valence-corrected chi connectivity index (χ1v) is 10.9. The predicted octanol–water partition coefficient (Wildman–Crippen LogP) is 0.304. The second-order valence-corrected chi connectivity index (χ2v) is 9.20. The van der Waals surface area contributed by atoms with E-state index < -0.39 is 36.7 Å². The number of aliphatic carboxylic acids is 1. The smallest absolute Gasteiger partial charge is 0.335 e. The Morgan fingerprint density at radius 2 is 1.97 bits per heavy atom. The highest BCUT2D eigenvalue weighted by Crippen LogP contribution is 2.54. The van der Waals surface area contributed by atoms with Gasteiger partial charge in [-0.1, -0.05) is 18.9 Å². The Morgan fingerprint density at radius 1 is 1.13 bits per heavy atom. The van der Waals surface area contributed by atoms with Crippen LogP contribution in [0.3, 0.4) is 0 Å². The number of ether oxygens (including phenoxy) is 2. The number of carboxylic acids is 1. The first-order valence-electron chi connectivity index (χ1n) is 10.9. The topological polar surface area (TPSA) is 128 Å². The molecule has 2 saturated heterocycles. The van der Waals surface area contributed by atoms with Crippen molar-refractivity contribution in [2.45, 2.75) is 80.7 Å². The second kappa shape index (κ2) is 7.46.